The van der Waals surface area contributed by atoms with Crippen LogP contribution in [0.1, 0.15) is 17.3 Å². The molecule has 80 valence electrons. The number of hydrogen-bond donors (Lipinski definition) is 0. The van der Waals surface area contributed by atoms with Gasteiger partial charge in [-0.15, -0.1) is 0 Å². The highest BCUT2D eigenvalue weighted by atomic mass is 17.0. The fraction of sp³-hybridized carbons (Fsp3) is 0.364. The maximum Gasteiger partial charge on any atom is 0.226 e. The molecule has 1 aromatic heterocycles. The van der Waals surface area contributed by atoms with Crippen LogP contribution < -0.4 is 0 Å². The zero-order chi connectivity index (χ0) is 11.0. The molecule has 0 aliphatic carbocycles. The van der Waals surface area contributed by atoms with Gasteiger partial charge in [0.05, 0.1) is 6.04 Å². The van der Waals surface area contributed by atoms with E-state index in [1.807, 2.05) is 25.9 Å². The highest BCUT2D eigenvalue weighted by Crippen LogP contribution is 2.20. The Hall–Kier alpha value is -1.55. The topological polar surface area (TPSA) is 46.6 Å². The molecular weight excluding hydrogens is 194 g/mol. The summed E-state index contributed by atoms with van der Waals surface area (Å²) in [6.45, 7) is 1.87. The van der Waals surface area contributed by atoms with E-state index in [-0.39, 0.29) is 11.8 Å². The van der Waals surface area contributed by atoms with Crippen molar-refractivity contribution in [3.63, 3.8) is 0 Å². The van der Waals surface area contributed by atoms with Crippen LogP contribution in [0.15, 0.2) is 27.4 Å². The van der Waals surface area contributed by atoms with Gasteiger partial charge in [-0.1, -0.05) is 0 Å². The van der Waals surface area contributed by atoms with Gasteiger partial charge in [0, 0.05) is 11.6 Å². The molecule has 0 N–H and O–H groups in total. The van der Waals surface area contributed by atoms with Gasteiger partial charge in [0.1, 0.15) is 0 Å². The molecule has 0 radical (unpaired) electrons. The van der Waals surface area contributed by atoms with Crippen LogP contribution in [-0.4, -0.2) is 30.8 Å². The third-order valence-corrected chi connectivity index (χ3v) is 2.60. The maximum atomic E-state index is 11.9. The van der Waals surface area contributed by atoms with E-state index in [0.29, 0.717) is 16.7 Å². The molecule has 1 aromatic carbocycles. The first-order valence-corrected chi connectivity index (χ1v) is 4.79. The van der Waals surface area contributed by atoms with E-state index >= 15 is 0 Å². The Labute approximate surface area is 87.4 Å². The molecule has 1 unspecified atom stereocenters. The van der Waals surface area contributed by atoms with E-state index < -0.39 is 0 Å². The number of rotatable bonds is 3. The number of benzene rings is 1. The summed E-state index contributed by atoms with van der Waals surface area (Å²) in [6.07, 6.45) is 0. The molecule has 0 spiro atoms. The Morgan fingerprint density at radius 1 is 1.27 bits per heavy atom. The predicted octanol–water partition coefficient (Wildman–Crippen LogP) is 2.16. The van der Waals surface area contributed by atoms with Crippen molar-refractivity contribution in [3.05, 3.63) is 23.8 Å². The van der Waals surface area contributed by atoms with Crippen molar-refractivity contribution in [2.45, 2.75) is 13.0 Å². The first-order chi connectivity index (χ1) is 7.09. The van der Waals surface area contributed by atoms with Crippen molar-refractivity contribution in [2.24, 2.45) is 0 Å². The van der Waals surface area contributed by atoms with Crippen molar-refractivity contribution in [2.75, 3.05) is 14.1 Å². The Bertz CT molecular complexity index is 481. The number of carbonyl (C=O) groups is 1. The van der Waals surface area contributed by atoms with Crippen LogP contribution in [0.25, 0.3) is 11.2 Å². The van der Waals surface area contributed by atoms with E-state index in [4.69, 9.17) is 9.15 Å². The van der Waals surface area contributed by atoms with Crippen molar-refractivity contribution in [1.82, 2.24) is 4.90 Å². The van der Waals surface area contributed by atoms with E-state index in [0.717, 1.165) is 0 Å². The zero-order valence-corrected chi connectivity index (χ0v) is 8.98. The second-order valence-corrected chi connectivity index (χ2v) is 3.83. The maximum absolute atomic E-state index is 11.9. The van der Waals surface area contributed by atoms with Crippen LogP contribution in [-0.2, 0) is 0 Å². The van der Waals surface area contributed by atoms with Gasteiger partial charge >= 0.3 is 0 Å². The summed E-state index contributed by atoms with van der Waals surface area (Å²) >= 11 is 0. The Balaban J connectivity index is 2.28. The lowest BCUT2D eigenvalue weighted by atomic mass is 10.0. The van der Waals surface area contributed by atoms with Gasteiger partial charge in [-0.2, -0.15) is 0 Å². The molecule has 1 heterocycles. The fourth-order valence-corrected chi connectivity index (χ4v) is 1.33. The van der Waals surface area contributed by atoms with Gasteiger partial charge in [0.2, 0.25) is 11.2 Å². The van der Waals surface area contributed by atoms with Crippen LogP contribution in [0.3, 0.4) is 0 Å². The number of carbonyl (C=O) groups excluding carboxylic acids is 1. The molecular formula is C11H13NO3. The summed E-state index contributed by atoms with van der Waals surface area (Å²) in [5.41, 5.74) is 1.97. The number of ketones is 1. The number of Topliss-reactive ketones (excluding diaryl/α,β-unsaturated/α-hetero) is 1. The fourth-order valence-electron chi connectivity index (χ4n) is 1.33. The van der Waals surface area contributed by atoms with Crippen LogP contribution in [0.4, 0.5) is 0 Å². The monoisotopic (exact) mass is 207 g/mol. The number of likely N-dealkylation sites (N-methyl/N-ethyl adjacent to an activating group) is 1. The summed E-state index contributed by atoms with van der Waals surface area (Å²) in [7, 11) is 3.76. The minimum absolute atomic E-state index is 0.0818. The lowest BCUT2D eigenvalue weighted by Crippen LogP contribution is -2.32. The van der Waals surface area contributed by atoms with Crippen molar-refractivity contribution < 1.29 is 13.9 Å². The van der Waals surface area contributed by atoms with Gasteiger partial charge in [0.15, 0.2) is 5.78 Å². The average Bonchev–Trinajstić information content (AvgIpc) is 2.17. The first-order valence-electron chi connectivity index (χ1n) is 4.79. The number of nitrogens with zero attached hydrogens (tertiary/aromatic N) is 1. The average molecular weight is 207 g/mol. The van der Waals surface area contributed by atoms with Crippen LogP contribution >= 0.6 is 0 Å². The third-order valence-electron chi connectivity index (χ3n) is 2.60. The third kappa shape index (κ3) is 1.68. The zero-order valence-electron chi connectivity index (χ0n) is 8.98. The summed E-state index contributed by atoms with van der Waals surface area (Å²) < 4.78 is 9.44. The molecule has 0 bridgehead atoms. The summed E-state index contributed by atoms with van der Waals surface area (Å²) in [4.78, 5) is 13.8. The molecule has 15 heavy (non-hydrogen) atoms. The van der Waals surface area contributed by atoms with Crippen LogP contribution in [0.5, 0.6) is 0 Å². The van der Waals surface area contributed by atoms with E-state index in [1.165, 1.54) is 0 Å². The smallest absolute Gasteiger partial charge is 0.226 e. The lowest BCUT2D eigenvalue weighted by Gasteiger charge is -2.18. The second kappa shape index (κ2) is 3.55. The SMILES string of the molecule is CC(C(=O)c1ccc2ooc2c1)N(C)C. The first kappa shape index (κ1) is 9.98. The van der Waals surface area contributed by atoms with E-state index in [9.17, 15) is 4.79 Å². The molecule has 0 amide bonds. The molecule has 4 nitrogen and oxygen atoms in total. The predicted molar refractivity (Wildman–Crippen MR) is 56.0 cm³/mol. The minimum atomic E-state index is -0.135. The quantitative estimate of drug-likeness (QED) is 0.571. The molecule has 0 aliphatic rings. The number of fused-ring (bicyclic) bond motifs is 1. The molecule has 0 saturated carbocycles. The standard InChI is InChI=1S/C11H13NO3/c1-7(12(2)3)11(13)8-4-5-9-10(6-8)15-14-9/h4-7H,1-3H3. The Morgan fingerprint density at radius 3 is 2.40 bits per heavy atom. The second-order valence-electron chi connectivity index (χ2n) is 3.83. The molecule has 1 atom stereocenters. The van der Waals surface area contributed by atoms with Gasteiger partial charge in [-0.05, 0) is 33.2 Å². The Morgan fingerprint density at radius 2 is 1.93 bits per heavy atom. The van der Waals surface area contributed by atoms with Gasteiger partial charge < -0.3 is 0 Å². The van der Waals surface area contributed by atoms with Crippen molar-refractivity contribution in [1.29, 1.82) is 0 Å². The van der Waals surface area contributed by atoms with E-state index in [1.54, 1.807) is 18.2 Å². The lowest BCUT2D eigenvalue weighted by molar-refractivity contribution is 0.0587. The molecule has 0 aliphatic heterocycles. The van der Waals surface area contributed by atoms with Gasteiger partial charge in [-0.25, -0.2) is 0 Å². The van der Waals surface area contributed by atoms with Crippen molar-refractivity contribution >= 4 is 16.9 Å². The molecule has 4 heteroatoms. The number of hydrogen-bond acceptors (Lipinski definition) is 4. The molecule has 0 saturated heterocycles. The van der Waals surface area contributed by atoms with Crippen LogP contribution in [0.2, 0.25) is 0 Å². The highest BCUT2D eigenvalue weighted by Gasteiger charge is 2.18. The molecule has 2 aromatic rings. The highest BCUT2D eigenvalue weighted by molar-refractivity contribution is 6.01. The van der Waals surface area contributed by atoms with Crippen molar-refractivity contribution in [3.8, 4) is 0 Å². The Kier molecular flexibility index (Phi) is 2.36. The minimum Gasteiger partial charge on any atom is -0.300 e. The van der Waals surface area contributed by atoms with E-state index in [2.05, 4.69) is 0 Å². The summed E-state index contributed by atoms with van der Waals surface area (Å²) in [6, 6.07) is 5.07. The van der Waals surface area contributed by atoms with Crippen LogP contribution in [0, 0.1) is 0 Å². The molecule has 2 rings (SSSR count). The molecule has 0 fully saturated rings. The van der Waals surface area contributed by atoms with Gasteiger partial charge in [-0.3, -0.25) is 18.8 Å². The summed E-state index contributed by atoms with van der Waals surface area (Å²) in [5.74, 6) is 0.0818. The largest absolute Gasteiger partial charge is 0.300 e. The normalized spacial score (nSPS) is 13.6. The van der Waals surface area contributed by atoms with Gasteiger partial charge in [0.25, 0.3) is 0 Å². The summed E-state index contributed by atoms with van der Waals surface area (Å²) in [5, 5.41) is 0.